The molecule has 10 heteroatoms. The Labute approximate surface area is 145 Å². The van der Waals surface area contributed by atoms with Gasteiger partial charge in [-0.3, -0.25) is 9.59 Å². The molecule has 0 radical (unpaired) electrons. The van der Waals surface area contributed by atoms with E-state index in [0.717, 1.165) is 0 Å². The van der Waals surface area contributed by atoms with Crippen molar-refractivity contribution >= 4 is 29.2 Å². The lowest BCUT2D eigenvalue weighted by atomic mass is 10.0. The van der Waals surface area contributed by atoms with Crippen LogP contribution in [0.2, 0.25) is 5.02 Å². The molecule has 0 saturated heterocycles. The van der Waals surface area contributed by atoms with Crippen LogP contribution in [0.3, 0.4) is 0 Å². The summed E-state index contributed by atoms with van der Waals surface area (Å²) in [4.78, 5) is 23.4. The molecule has 25 heavy (non-hydrogen) atoms. The highest BCUT2D eigenvalue weighted by Gasteiger charge is 2.63. The Morgan fingerprint density at radius 3 is 2.48 bits per heavy atom. The average Bonchev–Trinajstić information content (AvgIpc) is 2.87. The first-order valence-corrected chi connectivity index (χ1v) is 7.57. The second kappa shape index (κ2) is 7.01. The van der Waals surface area contributed by atoms with Crippen LogP contribution in [0.15, 0.2) is 29.4 Å². The second-order valence-corrected chi connectivity index (χ2v) is 5.67. The monoisotopic (exact) mass is 378 g/mol. The van der Waals surface area contributed by atoms with Gasteiger partial charge in [-0.25, -0.2) is 0 Å². The van der Waals surface area contributed by atoms with Crippen LogP contribution in [0.25, 0.3) is 0 Å². The summed E-state index contributed by atoms with van der Waals surface area (Å²) in [5, 5.41) is 13.9. The molecule has 1 amide bonds. The second-order valence-electron chi connectivity index (χ2n) is 5.23. The first-order valence-electron chi connectivity index (χ1n) is 7.19. The predicted octanol–water partition coefficient (Wildman–Crippen LogP) is 2.48. The van der Waals surface area contributed by atoms with E-state index in [1.54, 1.807) is 0 Å². The number of esters is 1. The highest BCUT2D eigenvalue weighted by atomic mass is 35.5. The summed E-state index contributed by atoms with van der Waals surface area (Å²) < 4.78 is 44.6. The molecule has 0 aromatic heterocycles. The molecular weight excluding hydrogens is 365 g/mol. The number of carbonyl (C=O) groups excluding carboxylic acids is 2. The smallest absolute Gasteiger partial charge is 0.438 e. The molecule has 0 saturated carbocycles. The largest absolute Gasteiger partial charge is 0.466 e. The summed E-state index contributed by atoms with van der Waals surface area (Å²) in [7, 11) is 0. The number of rotatable bonds is 4. The molecule has 1 atom stereocenters. The first-order chi connectivity index (χ1) is 11.6. The fourth-order valence-electron chi connectivity index (χ4n) is 2.24. The summed E-state index contributed by atoms with van der Waals surface area (Å²) in [5.74, 6) is -2.32. The lowest BCUT2D eigenvalue weighted by Gasteiger charge is -2.32. The highest BCUT2D eigenvalue weighted by molar-refractivity contribution is 6.30. The van der Waals surface area contributed by atoms with E-state index in [9.17, 15) is 27.9 Å². The molecule has 136 valence electrons. The van der Waals surface area contributed by atoms with Gasteiger partial charge in [0.05, 0.1) is 18.7 Å². The molecule has 1 aliphatic rings. The average molecular weight is 379 g/mol. The summed E-state index contributed by atoms with van der Waals surface area (Å²) in [6.07, 6.45) is -7.11. The Balaban J connectivity index is 2.35. The zero-order chi connectivity index (χ0) is 18.8. The number of hydrazone groups is 1. The number of hydrogen-bond donors (Lipinski definition) is 1. The molecule has 0 fully saturated rings. The van der Waals surface area contributed by atoms with Gasteiger partial charge in [-0.1, -0.05) is 23.7 Å². The molecule has 1 N–H and O–H groups in total. The minimum Gasteiger partial charge on any atom is -0.466 e. The van der Waals surface area contributed by atoms with Crippen LogP contribution in [0, 0.1) is 0 Å². The van der Waals surface area contributed by atoms with E-state index in [1.165, 1.54) is 31.2 Å². The third-order valence-corrected chi connectivity index (χ3v) is 3.71. The third kappa shape index (κ3) is 3.93. The SMILES string of the molecule is CCOC(=O)CC(=O)N1N=C(c2ccc(Cl)cc2)CC1(O)C(F)(F)F. The van der Waals surface area contributed by atoms with Crippen LogP contribution in [-0.2, 0) is 14.3 Å². The van der Waals surface area contributed by atoms with Gasteiger partial charge in [0, 0.05) is 5.02 Å². The van der Waals surface area contributed by atoms with Crippen LogP contribution in [0.1, 0.15) is 25.3 Å². The number of nitrogens with zero attached hydrogens (tertiary/aromatic N) is 2. The van der Waals surface area contributed by atoms with Crippen LogP contribution in [-0.4, -0.2) is 46.2 Å². The molecule has 6 nitrogen and oxygen atoms in total. The van der Waals surface area contributed by atoms with E-state index in [0.29, 0.717) is 5.02 Å². The zero-order valence-corrected chi connectivity index (χ0v) is 13.8. The van der Waals surface area contributed by atoms with Crippen molar-refractivity contribution in [2.45, 2.75) is 31.7 Å². The summed E-state index contributed by atoms with van der Waals surface area (Å²) in [5.41, 5.74) is -3.43. The number of alkyl halides is 3. The van der Waals surface area contributed by atoms with Gasteiger partial charge in [0.1, 0.15) is 6.42 Å². The van der Waals surface area contributed by atoms with Gasteiger partial charge >= 0.3 is 12.1 Å². The van der Waals surface area contributed by atoms with E-state index in [1.807, 2.05) is 0 Å². The fraction of sp³-hybridized carbons (Fsp3) is 0.400. The molecule has 1 aromatic carbocycles. The first kappa shape index (κ1) is 19.2. The normalized spacial score (nSPS) is 20.4. The Morgan fingerprint density at radius 2 is 1.96 bits per heavy atom. The molecule has 1 unspecified atom stereocenters. The number of aliphatic hydroxyl groups is 1. The van der Waals surface area contributed by atoms with Gasteiger partial charge in [0.15, 0.2) is 0 Å². The summed E-state index contributed by atoms with van der Waals surface area (Å²) >= 11 is 5.73. The van der Waals surface area contributed by atoms with Crippen LogP contribution < -0.4 is 0 Å². The Kier molecular flexibility index (Phi) is 5.38. The van der Waals surface area contributed by atoms with E-state index in [-0.39, 0.29) is 22.9 Å². The minimum absolute atomic E-state index is 0.0328. The maximum atomic E-state index is 13.3. The zero-order valence-electron chi connectivity index (χ0n) is 13.0. The van der Waals surface area contributed by atoms with Gasteiger partial charge in [-0.05, 0) is 24.6 Å². The van der Waals surface area contributed by atoms with Crippen molar-refractivity contribution in [3.63, 3.8) is 0 Å². The Hall–Kier alpha value is -2.13. The van der Waals surface area contributed by atoms with Crippen molar-refractivity contribution in [1.29, 1.82) is 0 Å². The van der Waals surface area contributed by atoms with Crippen molar-refractivity contribution in [1.82, 2.24) is 5.01 Å². The Bertz CT molecular complexity index is 706. The fourth-order valence-corrected chi connectivity index (χ4v) is 2.37. The summed E-state index contributed by atoms with van der Waals surface area (Å²) in [6, 6.07) is 5.71. The van der Waals surface area contributed by atoms with Gasteiger partial charge in [-0.15, -0.1) is 0 Å². The highest BCUT2D eigenvalue weighted by Crippen LogP contribution is 2.41. The topological polar surface area (TPSA) is 79.2 Å². The minimum atomic E-state index is -5.17. The van der Waals surface area contributed by atoms with Gasteiger partial charge in [0.2, 0.25) is 0 Å². The predicted molar refractivity (Wildman–Crippen MR) is 81.7 cm³/mol. The van der Waals surface area contributed by atoms with Crippen molar-refractivity contribution in [3.05, 3.63) is 34.9 Å². The number of amides is 1. The molecule has 1 aliphatic heterocycles. The number of ether oxygens (including phenoxy) is 1. The van der Waals surface area contributed by atoms with Crippen LogP contribution >= 0.6 is 11.6 Å². The number of halogens is 4. The molecule has 1 heterocycles. The van der Waals surface area contributed by atoms with Crippen LogP contribution in [0.4, 0.5) is 13.2 Å². The van der Waals surface area contributed by atoms with Gasteiger partial charge < -0.3 is 9.84 Å². The molecule has 0 bridgehead atoms. The van der Waals surface area contributed by atoms with E-state index >= 15 is 0 Å². The lowest BCUT2D eigenvalue weighted by Crippen LogP contribution is -2.57. The molecule has 1 aromatic rings. The maximum absolute atomic E-state index is 13.3. The lowest BCUT2D eigenvalue weighted by molar-refractivity contribution is -0.302. The molecule has 0 aliphatic carbocycles. The Morgan fingerprint density at radius 1 is 1.36 bits per heavy atom. The van der Waals surface area contributed by atoms with E-state index in [4.69, 9.17) is 11.6 Å². The quantitative estimate of drug-likeness (QED) is 0.645. The number of benzene rings is 1. The molecule has 2 rings (SSSR count). The van der Waals surface area contributed by atoms with Gasteiger partial charge in [-0.2, -0.15) is 23.3 Å². The molecular formula is C15H14ClF3N2O4. The maximum Gasteiger partial charge on any atom is 0.438 e. The molecule has 0 spiro atoms. The number of hydrogen-bond acceptors (Lipinski definition) is 5. The third-order valence-electron chi connectivity index (χ3n) is 3.45. The van der Waals surface area contributed by atoms with Crippen molar-refractivity contribution < 1.29 is 32.6 Å². The van der Waals surface area contributed by atoms with Crippen molar-refractivity contribution in [3.8, 4) is 0 Å². The van der Waals surface area contributed by atoms with E-state index < -0.39 is 36.6 Å². The van der Waals surface area contributed by atoms with Crippen molar-refractivity contribution in [2.24, 2.45) is 5.10 Å². The van der Waals surface area contributed by atoms with Crippen LogP contribution in [0.5, 0.6) is 0 Å². The van der Waals surface area contributed by atoms with E-state index in [2.05, 4.69) is 9.84 Å². The summed E-state index contributed by atoms with van der Waals surface area (Å²) in [6.45, 7) is 1.45. The van der Waals surface area contributed by atoms with Gasteiger partial charge in [0.25, 0.3) is 11.6 Å². The van der Waals surface area contributed by atoms with Crippen molar-refractivity contribution in [2.75, 3.05) is 6.61 Å². The standard InChI is InChI=1S/C15H14ClF3N2O4/c1-2-25-13(23)7-12(22)21-14(24,15(17,18)19)8-11(20-21)9-3-5-10(16)6-4-9/h3-6,24H,2,7-8H2,1H3. The number of carbonyl (C=O) groups is 2.